The van der Waals surface area contributed by atoms with E-state index >= 15 is 0 Å². The summed E-state index contributed by atoms with van der Waals surface area (Å²) in [6.07, 6.45) is 0.974. The Balaban J connectivity index is 3.53. The number of methoxy groups -OCH3 is 1. The first-order valence-electron chi connectivity index (χ1n) is 3.53. The van der Waals surface area contributed by atoms with E-state index in [1.54, 1.807) is 0 Å². The Morgan fingerprint density at radius 1 is 1.38 bits per heavy atom. The number of hydrogen-bond acceptors (Lipinski definition) is 5. The molecular weight excluding hydrogens is 198 g/mol. The van der Waals surface area contributed by atoms with Crippen LogP contribution in [0.2, 0.25) is 0 Å². The van der Waals surface area contributed by atoms with E-state index in [1.807, 2.05) is 5.48 Å². The predicted molar refractivity (Wildman–Crippen MR) is 45.7 cm³/mol. The molecule has 0 heterocycles. The molecule has 0 saturated carbocycles. The van der Waals surface area contributed by atoms with Crippen LogP contribution < -0.4 is 5.48 Å². The molecule has 1 amide bonds. The van der Waals surface area contributed by atoms with Crippen molar-refractivity contribution in [2.45, 2.75) is 0 Å². The average Bonchev–Trinajstić information content (AvgIpc) is 1.94. The van der Waals surface area contributed by atoms with Gasteiger partial charge in [-0.1, -0.05) is 0 Å². The van der Waals surface area contributed by atoms with Gasteiger partial charge in [-0.25, -0.2) is 13.9 Å². The average molecular weight is 211 g/mol. The highest BCUT2D eigenvalue weighted by atomic mass is 32.2. The molecule has 0 atom stereocenters. The van der Waals surface area contributed by atoms with E-state index in [0.29, 0.717) is 6.61 Å². The molecule has 0 rings (SSSR count). The smallest absolute Gasteiger partial charge is 0.258 e. The summed E-state index contributed by atoms with van der Waals surface area (Å²) in [5.41, 5.74) is 1.98. The summed E-state index contributed by atoms with van der Waals surface area (Å²) < 4.78 is 25.8. The highest BCUT2D eigenvalue weighted by molar-refractivity contribution is 7.91. The molecule has 0 aliphatic heterocycles. The maximum Gasteiger partial charge on any atom is 0.258 e. The Bertz CT molecular complexity index is 248. The zero-order valence-corrected chi connectivity index (χ0v) is 8.39. The van der Waals surface area contributed by atoms with Crippen molar-refractivity contribution >= 4 is 15.7 Å². The number of carbonyl (C=O) groups excluding carboxylic acids is 1. The van der Waals surface area contributed by atoms with Crippen molar-refractivity contribution < 1.29 is 22.8 Å². The zero-order valence-electron chi connectivity index (χ0n) is 7.57. The number of amides is 1. The van der Waals surface area contributed by atoms with Crippen LogP contribution in [-0.4, -0.2) is 46.7 Å². The van der Waals surface area contributed by atoms with Crippen molar-refractivity contribution in [1.29, 1.82) is 0 Å². The second-order valence-electron chi connectivity index (χ2n) is 2.44. The molecule has 0 aliphatic carbocycles. The molecule has 0 unspecified atom stereocenters. The molecule has 0 aliphatic rings. The highest BCUT2D eigenvalue weighted by Gasteiger charge is 2.09. The molecule has 0 bridgehead atoms. The summed E-state index contributed by atoms with van der Waals surface area (Å²) in [5, 5.41) is 0. The molecule has 0 aromatic carbocycles. The van der Waals surface area contributed by atoms with Crippen LogP contribution >= 0.6 is 0 Å². The molecule has 0 aromatic rings. The Morgan fingerprint density at radius 2 is 2.00 bits per heavy atom. The molecule has 78 valence electrons. The quantitative estimate of drug-likeness (QED) is 0.437. The van der Waals surface area contributed by atoms with Crippen LogP contribution in [0, 0.1) is 0 Å². The molecule has 0 aromatic heterocycles. The molecule has 0 saturated heterocycles. The molecule has 0 fully saturated rings. The third-order valence-corrected chi connectivity index (χ3v) is 1.76. The summed E-state index contributed by atoms with van der Waals surface area (Å²) in [4.78, 5) is 15.4. The minimum Gasteiger partial charge on any atom is -0.382 e. The monoisotopic (exact) mass is 211 g/mol. The second-order valence-corrected chi connectivity index (χ2v) is 4.58. The third-order valence-electron chi connectivity index (χ3n) is 0.969. The number of hydrogen-bond donors (Lipinski definition) is 1. The summed E-state index contributed by atoms with van der Waals surface area (Å²) in [6, 6.07) is 0. The molecule has 1 N–H and O–H groups in total. The van der Waals surface area contributed by atoms with Crippen molar-refractivity contribution in [2.24, 2.45) is 0 Å². The minimum atomic E-state index is -3.29. The lowest BCUT2D eigenvalue weighted by molar-refractivity contribution is -0.131. The zero-order chi connectivity index (χ0) is 10.3. The van der Waals surface area contributed by atoms with Crippen LogP contribution in [-0.2, 0) is 24.2 Å². The Labute approximate surface area is 77.1 Å². The largest absolute Gasteiger partial charge is 0.382 e. The van der Waals surface area contributed by atoms with Crippen LogP contribution in [0.4, 0.5) is 0 Å². The van der Waals surface area contributed by atoms with Crippen molar-refractivity contribution in [3.8, 4) is 0 Å². The minimum absolute atomic E-state index is 0.187. The van der Waals surface area contributed by atoms with Gasteiger partial charge in [-0.05, 0) is 0 Å². The number of rotatable bonds is 6. The van der Waals surface area contributed by atoms with Crippen LogP contribution in [0.25, 0.3) is 0 Å². The van der Waals surface area contributed by atoms with Crippen molar-refractivity contribution in [2.75, 3.05) is 32.3 Å². The number of nitrogens with one attached hydrogen (secondary N) is 1. The van der Waals surface area contributed by atoms with Crippen LogP contribution in [0.15, 0.2) is 0 Å². The van der Waals surface area contributed by atoms with Gasteiger partial charge < -0.3 is 4.74 Å². The third kappa shape index (κ3) is 9.25. The first-order chi connectivity index (χ1) is 5.95. The summed E-state index contributed by atoms with van der Waals surface area (Å²) in [5.74, 6) is -1.25. The Hall–Kier alpha value is -0.660. The fraction of sp³-hybridized carbons (Fsp3) is 0.833. The van der Waals surface area contributed by atoms with Gasteiger partial charge in [-0.15, -0.1) is 0 Å². The van der Waals surface area contributed by atoms with Gasteiger partial charge in [0.25, 0.3) is 5.91 Å². The predicted octanol–water partition coefficient (Wildman–Crippen LogP) is -1.27. The maximum atomic E-state index is 10.8. The van der Waals surface area contributed by atoms with Crippen molar-refractivity contribution in [3.63, 3.8) is 0 Å². The van der Waals surface area contributed by atoms with Gasteiger partial charge in [-0.2, -0.15) is 0 Å². The SMILES string of the molecule is COCCONC(=O)CS(C)(=O)=O. The second kappa shape index (κ2) is 5.90. The fourth-order valence-corrected chi connectivity index (χ4v) is 1.06. The summed E-state index contributed by atoms with van der Waals surface area (Å²) in [7, 11) is -1.80. The van der Waals surface area contributed by atoms with Gasteiger partial charge in [0.05, 0.1) is 13.2 Å². The number of ether oxygens (including phenoxy) is 1. The molecule has 0 radical (unpaired) electrons. The van der Waals surface area contributed by atoms with Gasteiger partial charge in [0.2, 0.25) is 0 Å². The Morgan fingerprint density at radius 3 is 2.46 bits per heavy atom. The first kappa shape index (κ1) is 12.3. The first-order valence-corrected chi connectivity index (χ1v) is 5.59. The lowest BCUT2D eigenvalue weighted by Crippen LogP contribution is -2.30. The Kier molecular flexibility index (Phi) is 5.60. The van der Waals surface area contributed by atoms with Crippen molar-refractivity contribution in [1.82, 2.24) is 5.48 Å². The van der Waals surface area contributed by atoms with E-state index in [-0.39, 0.29) is 6.61 Å². The van der Waals surface area contributed by atoms with Gasteiger partial charge in [0, 0.05) is 13.4 Å². The van der Waals surface area contributed by atoms with Crippen molar-refractivity contribution in [3.05, 3.63) is 0 Å². The molecule has 6 nitrogen and oxygen atoms in total. The maximum absolute atomic E-state index is 10.8. The van der Waals surface area contributed by atoms with Crippen LogP contribution in [0.3, 0.4) is 0 Å². The molecule has 13 heavy (non-hydrogen) atoms. The van der Waals surface area contributed by atoms with Gasteiger partial charge >= 0.3 is 0 Å². The van der Waals surface area contributed by atoms with E-state index in [9.17, 15) is 13.2 Å². The number of carbonyl (C=O) groups is 1. The number of sulfone groups is 1. The van der Waals surface area contributed by atoms with E-state index in [1.165, 1.54) is 7.11 Å². The summed E-state index contributed by atoms with van der Waals surface area (Å²) >= 11 is 0. The molecule has 7 heteroatoms. The van der Waals surface area contributed by atoms with Crippen LogP contribution in [0.1, 0.15) is 0 Å². The van der Waals surface area contributed by atoms with E-state index in [0.717, 1.165) is 6.26 Å². The van der Waals surface area contributed by atoms with Gasteiger partial charge in [0.15, 0.2) is 9.84 Å². The van der Waals surface area contributed by atoms with Crippen LogP contribution in [0.5, 0.6) is 0 Å². The fourth-order valence-electron chi connectivity index (χ4n) is 0.524. The molecule has 0 spiro atoms. The van der Waals surface area contributed by atoms with E-state index in [4.69, 9.17) is 0 Å². The molecular formula is C6H13NO5S. The van der Waals surface area contributed by atoms with Gasteiger partial charge in [0.1, 0.15) is 5.75 Å². The van der Waals surface area contributed by atoms with E-state index in [2.05, 4.69) is 9.57 Å². The lowest BCUT2D eigenvalue weighted by Gasteiger charge is -2.03. The normalized spacial score (nSPS) is 11.2. The topological polar surface area (TPSA) is 81.7 Å². The van der Waals surface area contributed by atoms with E-state index < -0.39 is 21.5 Å². The summed E-state index contributed by atoms with van der Waals surface area (Å²) in [6.45, 7) is 0.519. The van der Waals surface area contributed by atoms with Gasteiger partial charge in [-0.3, -0.25) is 9.63 Å². The highest BCUT2D eigenvalue weighted by Crippen LogP contribution is 1.82. The lowest BCUT2D eigenvalue weighted by atomic mass is 10.7. The standard InChI is InChI=1S/C6H13NO5S/c1-11-3-4-12-7-6(8)5-13(2,9)10/h3-5H2,1-2H3,(H,7,8). The number of hydroxylamine groups is 1.